The summed E-state index contributed by atoms with van der Waals surface area (Å²) in [4.78, 5) is 3.98. The van der Waals surface area contributed by atoms with Gasteiger partial charge in [0.15, 0.2) is 0 Å². The van der Waals surface area contributed by atoms with E-state index in [1.807, 2.05) is 18.7 Å². The van der Waals surface area contributed by atoms with Crippen LogP contribution < -0.4 is 5.73 Å². The minimum Gasteiger partial charge on any atom is -0.337 e. The zero-order valence-corrected chi connectivity index (χ0v) is 7.61. The van der Waals surface area contributed by atoms with Gasteiger partial charge in [-0.25, -0.2) is 4.98 Å². The average molecular weight is 167 g/mol. The molecule has 12 heavy (non-hydrogen) atoms. The van der Waals surface area contributed by atoms with Gasteiger partial charge >= 0.3 is 0 Å². The Morgan fingerprint density at radius 1 is 1.50 bits per heavy atom. The molecule has 0 aliphatic carbocycles. The smallest absolute Gasteiger partial charge is 0.0945 e. The number of rotatable bonds is 5. The standard InChI is InChI=1S/C9H17N3/c1-9(2-4-10)3-6-12-7-5-11-8-12/h5,7-9H,2-4,6,10H2,1H3. The lowest BCUT2D eigenvalue weighted by atomic mass is 10.0. The van der Waals surface area contributed by atoms with Crippen molar-refractivity contribution in [3.8, 4) is 0 Å². The van der Waals surface area contributed by atoms with Crippen LogP contribution in [0.1, 0.15) is 19.8 Å². The van der Waals surface area contributed by atoms with Crippen molar-refractivity contribution in [2.75, 3.05) is 6.54 Å². The monoisotopic (exact) mass is 167 g/mol. The second-order valence-corrected chi connectivity index (χ2v) is 3.27. The third-order valence-corrected chi connectivity index (χ3v) is 2.10. The van der Waals surface area contributed by atoms with Crippen molar-refractivity contribution in [3.63, 3.8) is 0 Å². The minimum absolute atomic E-state index is 0.720. The summed E-state index contributed by atoms with van der Waals surface area (Å²) in [5, 5.41) is 0. The number of nitrogens with two attached hydrogens (primary N) is 1. The van der Waals surface area contributed by atoms with Gasteiger partial charge in [0.25, 0.3) is 0 Å². The van der Waals surface area contributed by atoms with Gasteiger partial charge in [-0.1, -0.05) is 6.92 Å². The quantitative estimate of drug-likeness (QED) is 0.717. The number of aromatic nitrogens is 2. The lowest BCUT2D eigenvalue weighted by molar-refractivity contribution is 0.457. The van der Waals surface area contributed by atoms with E-state index in [0.717, 1.165) is 25.4 Å². The number of hydrogen-bond donors (Lipinski definition) is 1. The van der Waals surface area contributed by atoms with Crippen molar-refractivity contribution in [1.29, 1.82) is 0 Å². The summed E-state index contributed by atoms with van der Waals surface area (Å²) in [5.41, 5.74) is 5.46. The molecule has 0 spiro atoms. The highest BCUT2D eigenvalue weighted by Crippen LogP contribution is 2.07. The van der Waals surface area contributed by atoms with Crippen molar-refractivity contribution in [3.05, 3.63) is 18.7 Å². The fourth-order valence-electron chi connectivity index (χ4n) is 1.22. The maximum absolute atomic E-state index is 5.46. The van der Waals surface area contributed by atoms with Crippen LogP contribution in [0.5, 0.6) is 0 Å². The second-order valence-electron chi connectivity index (χ2n) is 3.27. The van der Waals surface area contributed by atoms with Gasteiger partial charge in [0.05, 0.1) is 6.33 Å². The van der Waals surface area contributed by atoms with Gasteiger partial charge in [-0.2, -0.15) is 0 Å². The van der Waals surface area contributed by atoms with Crippen LogP contribution in [-0.2, 0) is 6.54 Å². The number of hydrogen-bond acceptors (Lipinski definition) is 2. The van der Waals surface area contributed by atoms with Gasteiger partial charge in [-0.3, -0.25) is 0 Å². The first-order valence-corrected chi connectivity index (χ1v) is 4.48. The first-order chi connectivity index (χ1) is 5.83. The van der Waals surface area contributed by atoms with E-state index in [1.54, 1.807) is 0 Å². The summed E-state index contributed by atoms with van der Waals surface area (Å²) in [6.45, 7) is 4.09. The Balaban J connectivity index is 2.17. The Kier molecular flexibility index (Phi) is 3.80. The van der Waals surface area contributed by atoms with Gasteiger partial charge in [0.2, 0.25) is 0 Å². The van der Waals surface area contributed by atoms with E-state index in [-0.39, 0.29) is 0 Å². The summed E-state index contributed by atoms with van der Waals surface area (Å²) in [6, 6.07) is 0. The SMILES string of the molecule is CC(CCN)CCn1ccnc1. The molecule has 68 valence electrons. The zero-order chi connectivity index (χ0) is 8.81. The first kappa shape index (κ1) is 9.26. The predicted octanol–water partition coefficient (Wildman–Crippen LogP) is 1.26. The number of aryl methyl sites for hydroxylation is 1. The van der Waals surface area contributed by atoms with Crippen LogP contribution in [0.2, 0.25) is 0 Å². The molecular formula is C9H17N3. The molecule has 1 atom stereocenters. The molecule has 0 fully saturated rings. The Morgan fingerprint density at radius 2 is 2.33 bits per heavy atom. The molecule has 0 aliphatic heterocycles. The predicted molar refractivity (Wildman–Crippen MR) is 49.7 cm³/mol. The largest absolute Gasteiger partial charge is 0.337 e. The topological polar surface area (TPSA) is 43.8 Å². The van der Waals surface area contributed by atoms with Crippen molar-refractivity contribution in [1.82, 2.24) is 9.55 Å². The van der Waals surface area contributed by atoms with Crippen LogP contribution in [0.25, 0.3) is 0 Å². The van der Waals surface area contributed by atoms with E-state index in [4.69, 9.17) is 5.73 Å². The van der Waals surface area contributed by atoms with Crippen molar-refractivity contribution in [2.45, 2.75) is 26.3 Å². The third-order valence-electron chi connectivity index (χ3n) is 2.10. The van der Waals surface area contributed by atoms with Gasteiger partial charge in [0, 0.05) is 18.9 Å². The number of nitrogens with zero attached hydrogens (tertiary/aromatic N) is 2. The Morgan fingerprint density at radius 3 is 2.92 bits per heavy atom. The first-order valence-electron chi connectivity index (χ1n) is 4.48. The zero-order valence-electron chi connectivity index (χ0n) is 7.61. The minimum atomic E-state index is 0.720. The molecule has 3 nitrogen and oxygen atoms in total. The molecule has 0 aromatic carbocycles. The fraction of sp³-hybridized carbons (Fsp3) is 0.667. The molecular weight excluding hydrogens is 150 g/mol. The lowest BCUT2D eigenvalue weighted by Gasteiger charge is -2.09. The molecule has 0 bridgehead atoms. The Hall–Kier alpha value is -0.830. The summed E-state index contributed by atoms with van der Waals surface area (Å²) in [6.07, 6.45) is 7.97. The maximum Gasteiger partial charge on any atom is 0.0945 e. The van der Waals surface area contributed by atoms with E-state index < -0.39 is 0 Å². The van der Waals surface area contributed by atoms with Crippen LogP contribution in [0.15, 0.2) is 18.7 Å². The van der Waals surface area contributed by atoms with Crippen LogP contribution in [-0.4, -0.2) is 16.1 Å². The molecule has 1 aromatic rings. The van der Waals surface area contributed by atoms with Crippen molar-refractivity contribution < 1.29 is 0 Å². The van der Waals surface area contributed by atoms with Gasteiger partial charge in [0.1, 0.15) is 0 Å². The lowest BCUT2D eigenvalue weighted by Crippen LogP contribution is -2.08. The van der Waals surface area contributed by atoms with E-state index >= 15 is 0 Å². The highest BCUT2D eigenvalue weighted by molar-refractivity contribution is 4.74. The van der Waals surface area contributed by atoms with E-state index in [0.29, 0.717) is 0 Å². The molecule has 1 unspecified atom stereocenters. The molecule has 3 heteroatoms. The molecule has 0 radical (unpaired) electrons. The summed E-state index contributed by atoms with van der Waals surface area (Å²) in [5.74, 6) is 0.720. The molecule has 0 aliphatic rings. The van der Waals surface area contributed by atoms with E-state index in [9.17, 15) is 0 Å². The van der Waals surface area contributed by atoms with Gasteiger partial charge < -0.3 is 10.3 Å². The summed E-state index contributed by atoms with van der Waals surface area (Å²) >= 11 is 0. The van der Waals surface area contributed by atoms with E-state index in [2.05, 4.69) is 16.5 Å². The fourth-order valence-corrected chi connectivity index (χ4v) is 1.22. The van der Waals surface area contributed by atoms with E-state index in [1.165, 1.54) is 6.42 Å². The highest BCUT2D eigenvalue weighted by atomic mass is 15.0. The van der Waals surface area contributed by atoms with Crippen LogP contribution in [0.4, 0.5) is 0 Å². The number of imidazole rings is 1. The Labute approximate surface area is 73.6 Å². The third kappa shape index (κ3) is 3.05. The molecule has 1 aromatic heterocycles. The van der Waals surface area contributed by atoms with Gasteiger partial charge in [-0.15, -0.1) is 0 Å². The van der Waals surface area contributed by atoms with Crippen molar-refractivity contribution >= 4 is 0 Å². The molecule has 0 amide bonds. The molecule has 1 rings (SSSR count). The average Bonchev–Trinajstić information content (AvgIpc) is 2.53. The molecule has 0 saturated carbocycles. The molecule has 2 N–H and O–H groups in total. The molecule has 1 heterocycles. The summed E-state index contributed by atoms with van der Waals surface area (Å²) in [7, 11) is 0. The van der Waals surface area contributed by atoms with Gasteiger partial charge in [-0.05, 0) is 25.3 Å². The highest BCUT2D eigenvalue weighted by Gasteiger charge is 2.00. The normalized spacial score (nSPS) is 13.2. The van der Waals surface area contributed by atoms with Crippen molar-refractivity contribution in [2.24, 2.45) is 11.7 Å². The second kappa shape index (κ2) is 4.93. The van der Waals surface area contributed by atoms with Crippen LogP contribution in [0.3, 0.4) is 0 Å². The Bertz CT molecular complexity index is 194. The van der Waals surface area contributed by atoms with Crippen LogP contribution >= 0.6 is 0 Å². The summed E-state index contributed by atoms with van der Waals surface area (Å²) < 4.78 is 2.10. The van der Waals surface area contributed by atoms with Crippen LogP contribution in [0, 0.1) is 5.92 Å². The molecule has 0 saturated heterocycles. The maximum atomic E-state index is 5.46.